The van der Waals surface area contributed by atoms with E-state index in [-0.39, 0.29) is 6.04 Å². The Balaban J connectivity index is 2.37. The van der Waals surface area contributed by atoms with Crippen molar-refractivity contribution in [3.63, 3.8) is 0 Å². The van der Waals surface area contributed by atoms with Crippen LogP contribution in [0.4, 0.5) is 0 Å². The highest BCUT2D eigenvalue weighted by molar-refractivity contribution is 7.89. The Labute approximate surface area is 115 Å². The fourth-order valence-electron chi connectivity index (χ4n) is 2.74. The lowest BCUT2D eigenvalue weighted by Gasteiger charge is -2.33. The number of aryl methyl sites for hydroxylation is 2. The van der Waals surface area contributed by atoms with Crippen LogP contribution in [0.3, 0.4) is 0 Å². The molecule has 0 aromatic carbocycles. The summed E-state index contributed by atoms with van der Waals surface area (Å²) in [5.41, 5.74) is 0.599. The van der Waals surface area contributed by atoms with Crippen LogP contribution in [-0.4, -0.2) is 35.1 Å². The minimum atomic E-state index is -3.39. The van der Waals surface area contributed by atoms with Crippen molar-refractivity contribution in [1.29, 1.82) is 0 Å². The molecule has 19 heavy (non-hydrogen) atoms. The molecule has 0 aliphatic carbocycles. The highest BCUT2D eigenvalue weighted by atomic mass is 32.2. The molecule has 1 aromatic rings. The molecule has 5 nitrogen and oxygen atoms in total. The van der Waals surface area contributed by atoms with Crippen molar-refractivity contribution >= 4 is 10.0 Å². The highest BCUT2D eigenvalue weighted by Crippen LogP contribution is 2.28. The Bertz CT molecular complexity index is 536. The quantitative estimate of drug-likeness (QED) is 0.852. The van der Waals surface area contributed by atoms with E-state index in [9.17, 15) is 8.42 Å². The van der Waals surface area contributed by atoms with E-state index in [2.05, 4.69) is 12.0 Å². The van der Waals surface area contributed by atoms with Crippen LogP contribution >= 0.6 is 0 Å². The van der Waals surface area contributed by atoms with Gasteiger partial charge in [0.1, 0.15) is 4.90 Å². The lowest BCUT2D eigenvalue weighted by atomic mass is 10.0. The topological polar surface area (TPSA) is 55.2 Å². The molecule has 0 saturated carbocycles. The van der Waals surface area contributed by atoms with Crippen molar-refractivity contribution in [1.82, 2.24) is 14.1 Å². The van der Waals surface area contributed by atoms with E-state index in [0.717, 1.165) is 25.7 Å². The molecule has 0 amide bonds. The Hall–Kier alpha value is -0.880. The normalized spacial score (nSPS) is 21.7. The molecule has 0 spiro atoms. The molecule has 1 aromatic heterocycles. The molecule has 1 fully saturated rings. The van der Waals surface area contributed by atoms with Gasteiger partial charge >= 0.3 is 0 Å². The van der Waals surface area contributed by atoms with E-state index in [4.69, 9.17) is 0 Å². The number of hydrogen-bond donors (Lipinski definition) is 0. The Morgan fingerprint density at radius 1 is 1.37 bits per heavy atom. The fraction of sp³-hybridized carbons (Fsp3) is 0.769. The molecule has 6 heteroatoms. The van der Waals surface area contributed by atoms with E-state index < -0.39 is 10.0 Å². The van der Waals surface area contributed by atoms with Gasteiger partial charge in [0.25, 0.3) is 0 Å². The molecule has 0 N–H and O–H groups in total. The summed E-state index contributed by atoms with van der Waals surface area (Å²) >= 11 is 0. The van der Waals surface area contributed by atoms with E-state index in [0.29, 0.717) is 23.7 Å². The van der Waals surface area contributed by atoms with Crippen molar-refractivity contribution in [2.75, 3.05) is 6.54 Å². The van der Waals surface area contributed by atoms with Crippen molar-refractivity contribution in [3.8, 4) is 0 Å². The van der Waals surface area contributed by atoms with Crippen LogP contribution in [0.25, 0.3) is 0 Å². The maximum absolute atomic E-state index is 12.8. The maximum Gasteiger partial charge on any atom is 0.246 e. The highest BCUT2D eigenvalue weighted by Gasteiger charge is 2.34. The van der Waals surface area contributed by atoms with Crippen LogP contribution in [0, 0.1) is 6.92 Å². The monoisotopic (exact) mass is 285 g/mol. The number of aromatic nitrogens is 2. The largest absolute Gasteiger partial charge is 0.271 e. The Morgan fingerprint density at radius 2 is 2.11 bits per heavy atom. The first-order chi connectivity index (χ1) is 9.00. The smallest absolute Gasteiger partial charge is 0.246 e. The second-order valence-corrected chi connectivity index (χ2v) is 6.97. The molecule has 1 aliphatic rings. The zero-order valence-electron chi connectivity index (χ0n) is 12.0. The van der Waals surface area contributed by atoms with E-state index >= 15 is 0 Å². The van der Waals surface area contributed by atoms with Gasteiger partial charge in [-0.05, 0) is 33.1 Å². The summed E-state index contributed by atoms with van der Waals surface area (Å²) in [6, 6.07) is 0.142. The van der Waals surface area contributed by atoms with Crippen molar-refractivity contribution in [2.24, 2.45) is 0 Å². The van der Waals surface area contributed by atoms with Gasteiger partial charge in [0.05, 0.1) is 5.69 Å². The average molecular weight is 285 g/mol. The maximum atomic E-state index is 12.8. The molecule has 1 unspecified atom stereocenters. The molecular formula is C13H23N3O2S. The number of nitrogens with zero attached hydrogens (tertiary/aromatic N) is 3. The lowest BCUT2D eigenvalue weighted by molar-refractivity contribution is 0.246. The standard InChI is InChI=1S/C13H23N3O2S/c1-4-12-8-6-7-9-16(12)19(17,18)13-10-15(5-2)14-11(13)3/h10,12H,4-9H2,1-3H3. The number of piperidine rings is 1. The lowest BCUT2D eigenvalue weighted by Crippen LogP contribution is -2.43. The second-order valence-electron chi connectivity index (χ2n) is 5.11. The molecule has 2 heterocycles. The molecule has 1 saturated heterocycles. The first-order valence-electron chi connectivity index (χ1n) is 7.06. The summed E-state index contributed by atoms with van der Waals surface area (Å²) in [5.74, 6) is 0. The molecule has 1 aliphatic heterocycles. The van der Waals surface area contributed by atoms with Crippen LogP contribution in [0.1, 0.15) is 45.2 Å². The van der Waals surface area contributed by atoms with Crippen molar-refractivity contribution in [3.05, 3.63) is 11.9 Å². The molecule has 0 bridgehead atoms. The van der Waals surface area contributed by atoms with Gasteiger partial charge in [-0.15, -0.1) is 0 Å². The van der Waals surface area contributed by atoms with E-state index in [1.165, 1.54) is 0 Å². The molecule has 1 atom stereocenters. The Kier molecular flexibility index (Phi) is 4.30. The predicted molar refractivity (Wildman–Crippen MR) is 74.5 cm³/mol. The van der Waals surface area contributed by atoms with Crippen LogP contribution < -0.4 is 0 Å². The summed E-state index contributed by atoms with van der Waals surface area (Å²) in [6.07, 6.45) is 5.58. The second kappa shape index (κ2) is 5.63. The van der Waals surface area contributed by atoms with E-state index in [1.54, 1.807) is 22.1 Å². The van der Waals surface area contributed by atoms with Gasteiger partial charge in [0, 0.05) is 25.3 Å². The van der Waals surface area contributed by atoms with Gasteiger partial charge in [0.15, 0.2) is 0 Å². The first kappa shape index (κ1) is 14.5. The first-order valence-corrected chi connectivity index (χ1v) is 8.50. The number of rotatable bonds is 4. The summed E-state index contributed by atoms with van der Waals surface area (Å²) in [5, 5.41) is 4.25. The fourth-order valence-corrected chi connectivity index (χ4v) is 4.68. The molecule has 2 rings (SSSR count). The van der Waals surface area contributed by atoms with Crippen LogP contribution in [-0.2, 0) is 16.6 Å². The average Bonchev–Trinajstić information content (AvgIpc) is 2.80. The van der Waals surface area contributed by atoms with Gasteiger partial charge < -0.3 is 0 Å². The van der Waals surface area contributed by atoms with Crippen molar-refractivity contribution in [2.45, 2.75) is 63.9 Å². The summed E-state index contributed by atoms with van der Waals surface area (Å²) in [6.45, 7) is 7.11. The van der Waals surface area contributed by atoms with Gasteiger partial charge in [-0.2, -0.15) is 9.40 Å². The van der Waals surface area contributed by atoms with E-state index in [1.807, 2.05) is 6.92 Å². The van der Waals surface area contributed by atoms with Crippen LogP contribution in [0.2, 0.25) is 0 Å². The van der Waals surface area contributed by atoms with Gasteiger partial charge in [-0.25, -0.2) is 8.42 Å². The minimum absolute atomic E-state index is 0.142. The third-order valence-corrected chi connectivity index (χ3v) is 5.91. The van der Waals surface area contributed by atoms with Gasteiger partial charge in [0.2, 0.25) is 10.0 Å². The minimum Gasteiger partial charge on any atom is -0.271 e. The number of sulfonamides is 1. The molecule has 0 radical (unpaired) electrons. The molecular weight excluding hydrogens is 262 g/mol. The summed E-state index contributed by atoms with van der Waals surface area (Å²) in [4.78, 5) is 0.370. The predicted octanol–water partition coefficient (Wildman–Crippen LogP) is 2.16. The summed E-state index contributed by atoms with van der Waals surface area (Å²) < 4.78 is 28.9. The van der Waals surface area contributed by atoms with Crippen LogP contribution in [0.5, 0.6) is 0 Å². The number of hydrogen-bond acceptors (Lipinski definition) is 3. The molecule has 108 valence electrons. The van der Waals surface area contributed by atoms with Crippen molar-refractivity contribution < 1.29 is 8.42 Å². The third kappa shape index (κ3) is 2.69. The third-order valence-electron chi connectivity index (χ3n) is 3.86. The zero-order chi connectivity index (χ0) is 14.0. The summed E-state index contributed by atoms with van der Waals surface area (Å²) in [7, 11) is -3.39. The zero-order valence-corrected chi connectivity index (χ0v) is 12.8. The Morgan fingerprint density at radius 3 is 2.68 bits per heavy atom. The van der Waals surface area contributed by atoms with Gasteiger partial charge in [-0.3, -0.25) is 4.68 Å². The SMILES string of the molecule is CCC1CCCCN1S(=O)(=O)c1cn(CC)nc1C. The van der Waals surface area contributed by atoms with Gasteiger partial charge in [-0.1, -0.05) is 13.3 Å². The van der Waals surface area contributed by atoms with Crippen LogP contribution in [0.15, 0.2) is 11.1 Å².